The number of hydrogen-bond donors (Lipinski definition) is 2. The zero-order valence-corrected chi connectivity index (χ0v) is 16.3. The van der Waals surface area contributed by atoms with Gasteiger partial charge < -0.3 is 20.5 Å². The Hall–Kier alpha value is -2.97. The van der Waals surface area contributed by atoms with Gasteiger partial charge in [-0.25, -0.2) is 4.99 Å². The number of nitrogens with two attached hydrogens (primary N) is 1. The highest BCUT2D eigenvalue weighted by atomic mass is 35.5. The molecule has 2 amide bonds. The summed E-state index contributed by atoms with van der Waals surface area (Å²) in [6, 6.07) is 12.2. The number of nitrogens with one attached hydrogen (secondary N) is 1. The number of nitrogens with zero attached hydrogens (tertiary/aromatic N) is 1. The third-order valence-electron chi connectivity index (χ3n) is 3.56. The number of carbonyl (C=O) groups excluding carboxylic acids is 2. The van der Waals surface area contributed by atoms with Gasteiger partial charge in [0.15, 0.2) is 18.1 Å². The topological polar surface area (TPSA) is 103 Å². The first-order valence-electron chi connectivity index (χ1n) is 8.09. The van der Waals surface area contributed by atoms with Crippen LogP contribution in [0.4, 0.5) is 10.5 Å². The zero-order chi connectivity index (χ0) is 20.1. The molecule has 1 fully saturated rings. The molecule has 0 aromatic heterocycles. The summed E-state index contributed by atoms with van der Waals surface area (Å²) in [4.78, 5) is 27.9. The second-order valence-corrected chi connectivity index (χ2v) is 7.08. The summed E-state index contributed by atoms with van der Waals surface area (Å²) in [5, 5.41) is 3.05. The standard InChI is InChI=1S/C19H16ClN3O4S/c1-26-15-7-11(5-6-14(15)27-10-17(21)24)8-16-18(23-19(25)28-16)22-13-4-2-3-12(20)9-13/h2-9H,10H2,1H3,(H2,21,24)(H,22,23,25)/b16-8-. The van der Waals surface area contributed by atoms with Gasteiger partial charge in [0, 0.05) is 5.02 Å². The number of halogens is 1. The first kappa shape index (κ1) is 19.8. The van der Waals surface area contributed by atoms with Crippen LogP contribution in [0.2, 0.25) is 5.02 Å². The molecule has 1 aliphatic rings. The Balaban J connectivity index is 1.90. The van der Waals surface area contributed by atoms with Crippen LogP contribution < -0.4 is 20.5 Å². The van der Waals surface area contributed by atoms with Crippen LogP contribution in [0.3, 0.4) is 0 Å². The van der Waals surface area contributed by atoms with Gasteiger partial charge in [-0.3, -0.25) is 9.59 Å². The van der Waals surface area contributed by atoms with Crippen LogP contribution in [0.5, 0.6) is 11.5 Å². The summed E-state index contributed by atoms with van der Waals surface area (Å²) in [5.74, 6) is 0.683. The molecule has 3 rings (SSSR count). The molecule has 1 heterocycles. The number of primary amides is 1. The molecule has 0 atom stereocenters. The Morgan fingerprint density at radius 2 is 2.11 bits per heavy atom. The van der Waals surface area contributed by atoms with Gasteiger partial charge in [-0.15, -0.1) is 0 Å². The van der Waals surface area contributed by atoms with Crippen LogP contribution in [0.15, 0.2) is 52.4 Å². The molecule has 144 valence electrons. The zero-order valence-electron chi connectivity index (χ0n) is 14.8. The van der Waals surface area contributed by atoms with E-state index in [1.165, 1.54) is 7.11 Å². The van der Waals surface area contributed by atoms with Gasteiger partial charge in [0.2, 0.25) is 0 Å². The molecule has 2 aromatic rings. The highest BCUT2D eigenvalue weighted by Gasteiger charge is 2.23. The Bertz CT molecular complexity index is 991. The van der Waals surface area contributed by atoms with Crippen molar-refractivity contribution in [3.05, 3.63) is 58.0 Å². The maximum atomic E-state index is 11.9. The van der Waals surface area contributed by atoms with Crippen LogP contribution >= 0.6 is 23.4 Å². The Morgan fingerprint density at radius 1 is 1.29 bits per heavy atom. The van der Waals surface area contributed by atoms with E-state index in [4.69, 9.17) is 26.8 Å². The van der Waals surface area contributed by atoms with E-state index < -0.39 is 5.91 Å². The van der Waals surface area contributed by atoms with E-state index in [1.54, 1.807) is 48.5 Å². The van der Waals surface area contributed by atoms with Crippen molar-refractivity contribution in [3.63, 3.8) is 0 Å². The third kappa shape index (κ3) is 5.05. The van der Waals surface area contributed by atoms with E-state index in [9.17, 15) is 9.59 Å². The van der Waals surface area contributed by atoms with Crippen molar-refractivity contribution < 1.29 is 19.1 Å². The van der Waals surface area contributed by atoms with Crippen molar-refractivity contribution in [2.45, 2.75) is 0 Å². The van der Waals surface area contributed by atoms with Gasteiger partial charge in [0.05, 0.1) is 17.7 Å². The largest absolute Gasteiger partial charge is 0.493 e. The minimum atomic E-state index is -0.581. The number of ether oxygens (including phenoxy) is 2. The van der Waals surface area contributed by atoms with Crippen molar-refractivity contribution in [3.8, 4) is 11.5 Å². The maximum Gasteiger partial charge on any atom is 0.289 e. The van der Waals surface area contributed by atoms with Gasteiger partial charge in [0.1, 0.15) is 5.84 Å². The average Bonchev–Trinajstić information content (AvgIpc) is 2.99. The van der Waals surface area contributed by atoms with E-state index in [2.05, 4.69) is 10.3 Å². The summed E-state index contributed by atoms with van der Waals surface area (Å²) in [6.45, 7) is -0.249. The molecule has 0 saturated carbocycles. The Labute approximate surface area is 170 Å². The van der Waals surface area contributed by atoms with Crippen LogP contribution in [0, 0.1) is 0 Å². The Morgan fingerprint density at radius 3 is 2.82 bits per heavy atom. The molecule has 2 aromatic carbocycles. The predicted molar refractivity (Wildman–Crippen MR) is 110 cm³/mol. The number of thioether (sulfide) groups is 1. The normalized spacial score (nSPS) is 16.3. The van der Waals surface area contributed by atoms with Crippen LogP contribution in [0.25, 0.3) is 6.08 Å². The van der Waals surface area contributed by atoms with Crippen molar-refractivity contribution >= 4 is 52.1 Å². The molecule has 0 radical (unpaired) electrons. The number of rotatable bonds is 6. The third-order valence-corrected chi connectivity index (χ3v) is 4.61. The van der Waals surface area contributed by atoms with E-state index in [0.717, 1.165) is 17.3 Å². The fourth-order valence-corrected chi connectivity index (χ4v) is 3.30. The number of amides is 2. The quantitative estimate of drug-likeness (QED) is 0.745. The lowest BCUT2D eigenvalue weighted by Gasteiger charge is -2.10. The van der Waals surface area contributed by atoms with Gasteiger partial charge in [-0.05, 0) is 53.7 Å². The molecule has 7 nitrogen and oxygen atoms in total. The summed E-state index contributed by atoms with van der Waals surface area (Å²) < 4.78 is 10.6. The van der Waals surface area contributed by atoms with E-state index in [0.29, 0.717) is 32.9 Å². The van der Waals surface area contributed by atoms with Gasteiger partial charge in [-0.1, -0.05) is 23.7 Å². The first-order chi connectivity index (χ1) is 13.4. The van der Waals surface area contributed by atoms with Crippen molar-refractivity contribution in [1.29, 1.82) is 0 Å². The minimum Gasteiger partial charge on any atom is -0.493 e. The molecule has 1 aliphatic heterocycles. The number of carbonyl (C=O) groups is 2. The fraction of sp³-hybridized carbons (Fsp3) is 0.105. The molecule has 9 heteroatoms. The monoisotopic (exact) mass is 417 g/mol. The molecule has 0 spiro atoms. The molecule has 3 N–H and O–H groups in total. The number of amidine groups is 1. The van der Waals surface area contributed by atoms with E-state index in [1.807, 2.05) is 0 Å². The second kappa shape index (κ2) is 8.81. The lowest BCUT2D eigenvalue weighted by Crippen LogP contribution is -2.20. The molecular weight excluding hydrogens is 402 g/mol. The summed E-state index contributed by atoms with van der Waals surface area (Å²) in [7, 11) is 1.49. The van der Waals surface area contributed by atoms with E-state index in [-0.39, 0.29) is 11.8 Å². The maximum absolute atomic E-state index is 11.9. The molecular formula is C19H16ClN3O4S. The average molecular weight is 418 g/mol. The molecule has 0 unspecified atom stereocenters. The molecule has 1 saturated heterocycles. The molecule has 0 aliphatic carbocycles. The number of methoxy groups -OCH3 is 1. The van der Waals surface area contributed by atoms with Crippen LogP contribution in [-0.4, -0.2) is 30.7 Å². The first-order valence-corrected chi connectivity index (χ1v) is 9.28. The van der Waals surface area contributed by atoms with Gasteiger partial charge in [0.25, 0.3) is 11.1 Å². The highest BCUT2D eigenvalue weighted by molar-refractivity contribution is 8.18. The second-order valence-electron chi connectivity index (χ2n) is 5.63. The number of benzene rings is 2. The SMILES string of the molecule is COc1cc(/C=C2\SC(=O)NC2=Nc2cccc(Cl)c2)ccc1OCC(N)=O. The van der Waals surface area contributed by atoms with E-state index >= 15 is 0 Å². The number of aliphatic imine (C=N–C) groups is 1. The number of hydrogen-bond acceptors (Lipinski definition) is 6. The Kier molecular flexibility index (Phi) is 6.23. The van der Waals surface area contributed by atoms with Gasteiger partial charge in [-0.2, -0.15) is 0 Å². The van der Waals surface area contributed by atoms with Crippen molar-refractivity contribution in [2.24, 2.45) is 10.7 Å². The summed E-state index contributed by atoms with van der Waals surface area (Å²) in [6.07, 6.45) is 1.80. The van der Waals surface area contributed by atoms with Crippen molar-refractivity contribution in [1.82, 2.24) is 5.32 Å². The van der Waals surface area contributed by atoms with Gasteiger partial charge >= 0.3 is 0 Å². The summed E-state index contributed by atoms with van der Waals surface area (Å²) >= 11 is 7.03. The smallest absolute Gasteiger partial charge is 0.289 e. The fourth-order valence-electron chi connectivity index (χ4n) is 2.38. The highest BCUT2D eigenvalue weighted by Crippen LogP contribution is 2.32. The predicted octanol–water partition coefficient (Wildman–Crippen LogP) is 3.74. The molecule has 0 bridgehead atoms. The summed E-state index contributed by atoms with van der Waals surface area (Å²) in [5.41, 5.74) is 6.49. The molecule has 28 heavy (non-hydrogen) atoms. The van der Waals surface area contributed by atoms with Crippen molar-refractivity contribution in [2.75, 3.05) is 13.7 Å². The van der Waals surface area contributed by atoms with Crippen LogP contribution in [-0.2, 0) is 4.79 Å². The minimum absolute atomic E-state index is 0.222. The lowest BCUT2D eigenvalue weighted by molar-refractivity contribution is -0.119. The van der Waals surface area contributed by atoms with Crippen LogP contribution in [0.1, 0.15) is 5.56 Å². The lowest BCUT2D eigenvalue weighted by atomic mass is 10.2.